The molecular weight excluding hydrogens is 374 g/mol. The fourth-order valence-electron chi connectivity index (χ4n) is 3.59. The van der Waals surface area contributed by atoms with Crippen molar-refractivity contribution in [2.75, 3.05) is 26.1 Å². The molecule has 0 aromatic heterocycles. The molecule has 1 unspecified atom stereocenters. The van der Waals surface area contributed by atoms with E-state index in [9.17, 15) is 9.59 Å². The van der Waals surface area contributed by atoms with Crippen LogP contribution in [0.5, 0.6) is 17.2 Å². The minimum Gasteiger partial charge on any atom is -0.493 e. The molecule has 1 aliphatic heterocycles. The van der Waals surface area contributed by atoms with Crippen LogP contribution in [0.25, 0.3) is 0 Å². The Morgan fingerprint density at radius 1 is 1.17 bits per heavy atom. The third kappa shape index (κ3) is 3.53. The van der Waals surface area contributed by atoms with Gasteiger partial charge in [-0.25, -0.2) is 0 Å². The number of para-hydroxylation sites is 1. The largest absolute Gasteiger partial charge is 0.493 e. The van der Waals surface area contributed by atoms with Crippen molar-refractivity contribution < 1.29 is 23.8 Å². The third-order valence-electron chi connectivity index (χ3n) is 5.06. The van der Waals surface area contributed by atoms with E-state index in [1.54, 1.807) is 12.1 Å². The highest BCUT2D eigenvalue weighted by Gasteiger charge is 2.42. The quantitative estimate of drug-likeness (QED) is 0.743. The van der Waals surface area contributed by atoms with E-state index in [4.69, 9.17) is 19.9 Å². The molecule has 152 valence electrons. The number of hydrogen-bond donors (Lipinski definition) is 2. The number of nitrogens with one attached hydrogen (secondary N) is 1. The van der Waals surface area contributed by atoms with E-state index in [1.165, 1.54) is 14.2 Å². The number of fused-ring (bicyclic) bond motifs is 1. The highest BCUT2D eigenvalue weighted by Crippen LogP contribution is 2.45. The zero-order valence-electron chi connectivity index (χ0n) is 16.3. The van der Waals surface area contributed by atoms with Crippen molar-refractivity contribution >= 4 is 17.5 Å². The maximum Gasteiger partial charge on any atom is 0.258 e. The number of rotatable bonds is 7. The number of hydrogen-bond acceptors (Lipinski definition) is 6. The molecule has 1 heterocycles. The van der Waals surface area contributed by atoms with E-state index in [-0.39, 0.29) is 30.5 Å². The van der Waals surface area contributed by atoms with E-state index in [1.807, 2.05) is 29.2 Å². The molecule has 0 spiro atoms. The summed E-state index contributed by atoms with van der Waals surface area (Å²) in [5, 5.41) is 3.47. The summed E-state index contributed by atoms with van der Waals surface area (Å²) in [5.41, 5.74) is 7.43. The molecule has 1 fully saturated rings. The first kappa shape index (κ1) is 18.9. The molecule has 0 radical (unpaired) electrons. The summed E-state index contributed by atoms with van der Waals surface area (Å²) >= 11 is 0. The summed E-state index contributed by atoms with van der Waals surface area (Å²) < 4.78 is 16.4. The van der Waals surface area contributed by atoms with Gasteiger partial charge in [-0.3, -0.25) is 9.59 Å². The van der Waals surface area contributed by atoms with Crippen molar-refractivity contribution in [2.24, 2.45) is 5.73 Å². The maximum absolute atomic E-state index is 13.2. The second kappa shape index (κ2) is 7.54. The number of benzene rings is 2. The van der Waals surface area contributed by atoms with Gasteiger partial charge in [0.2, 0.25) is 5.75 Å². The first-order valence-corrected chi connectivity index (χ1v) is 9.38. The highest BCUT2D eigenvalue weighted by atomic mass is 16.5. The first-order chi connectivity index (χ1) is 14.0. The molecule has 2 aromatic rings. The van der Waals surface area contributed by atoms with Crippen LogP contribution < -0.4 is 25.3 Å². The Bertz CT molecular complexity index is 932. The lowest BCUT2D eigenvalue weighted by atomic mass is 10.0. The second-order valence-corrected chi connectivity index (χ2v) is 7.05. The molecule has 1 atom stereocenters. The van der Waals surface area contributed by atoms with Gasteiger partial charge in [0, 0.05) is 17.3 Å². The number of carbonyl (C=O) groups excluding carboxylic acids is 2. The SMILES string of the molecule is COc1cc(C2Nc3ccccc3C(=O)N2C2CC2)cc(OC)c1OCC(N)=O. The molecular formula is C21H23N3O5. The van der Waals surface area contributed by atoms with Gasteiger partial charge in [0.25, 0.3) is 11.8 Å². The first-order valence-electron chi connectivity index (χ1n) is 9.38. The summed E-state index contributed by atoms with van der Waals surface area (Å²) in [7, 11) is 3.01. The van der Waals surface area contributed by atoms with Crippen molar-refractivity contribution in [3.05, 3.63) is 47.5 Å². The zero-order valence-corrected chi connectivity index (χ0v) is 16.3. The van der Waals surface area contributed by atoms with Crippen LogP contribution in [0, 0.1) is 0 Å². The molecule has 8 nitrogen and oxygen atoms in total. The molecule has 4 rings (SSSR count). The van der Waals surface area contributed by atoms with Gasteiger partial charge in [-0.1, -0.05) is 12.1 Å². The number of amides is 2. The number of ether oxygens (including phenoxy) is 3. The lowest BCUT2D eigenvalue weighted by Gasteiger charge is -2.38. The monoisotopic (exact) mass is 397 g/mol. The standard InChI is InChI=1S/C21H23N3O5/c1-27-16-9-12(10-17(28-2)19(16)29-11-18(22)25)20-23-15-6-4-3-5-14(15)21(26)24(20)13-7-8-13/h3-6,9-10,13,20,23H,7-8,11H2,1-2H3,(H2,22,25). The predicted molar refractivity (Wildman–Crippen MR) is 106 cm³/mol. The van der Waals surface area contributed by atoms with Gasteiger partial charge in [-0.2, -0.15) is 0 Å². The number of nitrogens with zero attached hydrogens (tertiary/aromatic N) is 1. The fraction of sp³-hybridized carbons (Fsp3) is 0.333. The molecule has 0 bridgehead atoms. The summed E-state index contributed by atoms with van der Waals surface area (Å²) in [6.07, 6.45) is 1.57. The highest BCUT2D eigenvalue weighted by molar-refractivity contribution is 6.02. The average molecular weight is 397 g/mol. The topological polar surface area (TPSA) is 103 Å². The Labute approximate surface area is 168 Å². The van der Waals surface area contributed by atoms with Crippen LogP contribution in [0.3, 0.4) is 0 Å². The third-order valence-corrected chi connectivity index (χ3v) is 5.06. The predicted octanol–water partition coefficient (Wildman–Crippen LogP) is 2.30. The van der Waals surface area contributed by atoms with E-state index in [2.05, 4.69) is 5.32 Å². The van der Waals surface area contributed by atoms with Gasteiger partial charge in [-0.15, -0.1) is 0 Å². The Morgan fingerprint density at radius 2 is 1.83 bits per heavy atom. The van der Waals surface area contributed by atoms with E-state index < -0.39 is 5.91 Å². The Morgan fingerprint density at radius 3 is 2.41 bits per heavy atom. The van der Waals surface area contributed by atoms with Gasteiger partial charge in [-0.05, 0) is 37.1 Å². The fourth-order valence-corrected chi connectivity index (χ4v) is 3.59. The van der Waals surface area contributed by atoms with Crippen LogP contribution in [0.1, 0.15) is 34.9 Å². The Balaban J connectivity index is 1.76. The van der Waals surface area contributed by atoms with Gasteiger partial charge in [0.1, 0.15) is 6.17 Å². The molecule has 1 aliphatic carbocycles. The molecule has 2 aromatic carbocycles. The molecule has 1 saturated carbocycles. The van der Waals surface area contributed by atoms with Crippen LogP contribution in [-0.4, -0.2) is 43.6 Å². The minimum atomic E-state index is -0.603. The molecule has 0 saturated heterocycles. The second-order valence-electron chi connectivity index (χ2n) is 7.05. The maximum atomic E-state index is 13.2. The zero-order chi connectivity index (χ0) is 20.5. The van der Waals surface area contributed by atoms with Crippen LogP contribution >= 0.6 is 0 Å². The summed E-state index contributed by atoms with van der Waals surface area (Å²) in [6, 6.07) is 11.2. The van der Waals surface area contributed by atoms with Gasteiger partial charge >= 0.3 is 0 Å². The number of primary amides is 1. The van der Waals surface area contributed by atoms with Gasteiger partial charge in [0.05, 0.1) is 19.8 Å². The summed E-state index contributed by atoms with van der Waals surface area (Å²) in [4.78, 5) is 26.2. The Kier molecular flexibility index (Phi) is 4.92. The van der Waals surface area contributed by atoms with Crippen LogP contribution in [0.15, 0.2) is 36.4 Å². The smallest absolute Gasteiger partial charge is 0.258 e. The number of methoxy groups -OCH3 is 2. The van der Waals surface area contributed by atoms with E-state index >= 15 is 0 Å². The lowest BCUT2D eigenvalue weighted by molar-refractivity contribution is -0.120. The summed E-state index contributed by atoms with van der Waals surface area (Å²) in [6.45, 7) is -0.298. The molecule has 2 amide bonds. The van der Waals surface area contributed by atoms with Crippen molar-refractivity contribution in [1.82, 2.24) is 4.90 Å². The summed E-state index contributed by atoms with van der Waals surface area (Å²) in [5.74, 6) is 0.472. The van der Waals surface area contributed by atoms with Crippen molar-refractivity contribution in [2.45, 2.75) is 25.0 Å². The molecule has 8 heteroatoms. The van der Waals surface area contributed by atoms with Gasteiger partial charge in [0.15, 0.2) is 18.1 Å². The molecule has 29 heavy (non-hydrogen) atoms. The molecule has 2 aliphatic rings. The van der Waals surface area contributed by atoms with Crippen LogP contribution in [0.4, 0.5) is 5.69 Å². The number of anilines is 1. The van der Waals surface area contributed by atoms with E-state index in [0.29, 0.717) is 17.1 Å². The Hall–Kier alpha value is -3.42. The van der Waals surface area contributed by atoms with Crippen molar-refractivity contribution in [3.63, 3.8) is 0 Å². The van der Waals surface area contributed by atoms with Crippen LogP contribution in [0.2, 0.25) is 0 Å². The minimum absolute atomic E-state index is 0.00108. The van der Waals surface area contributed by atoms with Crippen molar-refractivity contribution in [3.8, 4) is 17.2 Å². The number of carbonyl (C=O) groups is 2. The normalized spacial score (nSPS) is 17.9. The lowest BCUT2D eigenvalue weighted by Crippen LogP contribution is -2.44. The van der Waals surface area contributed by atoms with Gasteiger partial charge < -0.3 is 30.2 Å². The van der Waals surface area contributed by atoms with Crippen LogP contribution in [-0.2, 0) is 4.79 Å². The van der Waals surface area contributed by atoms with Crippen molar-refractivity contribution in [1.29, 1.82) is 0 Å². The molecule has 3 N–H and O–H groups in total. The van der Waals surface area contributed by atoms with E-state index in [0.717, 1.165) is 24.1 Å². The average Bonchev–Trinajstić information content (AvgIpc) is 3.56. The number of nitrogens with two attached hydrogens (primary N) is 1.